The molecule has 1 fully saturated rings. The molecule has 2 rings (SSSR count). The highest BCUT2D eigenvalue weighted by Crippen LogP contribution is 2.35. The molecule has 1 aliphatic rings. The molecule has 0 radical (unpaired) electrons. The van der Waals surface area contributed by atoms with Crippen LogP contribution in [0.15, 0.2) is 24.5 Å². The minimum absolute atomic E-state index is 0.0734. The summed E-state index contributed by atoms with van der Waals surface area (Å²) in [5, 5.41) is 5.84. The van der Waals surface area contributed by atoms with Crippen molar-refractivity contribution in [3.05, 3.63) is 24.5 Å². The maximum atomic E-state index is 12.0. The molecule has 1 aromatic heterocycles. The van der Waals surface area contributed by atoms with Crippen LogP contribution in [0.4, 0.5) is 10.5 Å². The number of amides is 2. The molecule has 1 saturated carbocycles. The topological polar surface area (TPSA) is 57.3 Å². The van der Waals surface area contributed by atoms with Gasteiger partial charge in [0.15, 0.2) is 0 Å². The van der Waals surface area contributed by atoms with Gasteiger partial charge in [-0.15, -0.1) is 0 Å². The third kappa shape index (κ3) is 4.17. The zero-order valence-corrected chi connectivity index (χ0v) is 13.2. The van der Waals surface area contributed by atoms with E-state index in [4.69, 9.17) is 0 Å². The second-order valence-corrected chi connectivity index (χ2v) is 6.37. The summed E-state index contributed by atoms with van der Waals surface area (Å²) < 4.78 is 0. The summed E-state index contributed by atoms with van der Waals surface area (Å²) in [5.41, 5.74) is 0.787. The molecule has 0 spiro atoms. The molecule has 0 aliphatic heterocycles. The fraction of sp³-hybridized carbons (Fsp3) is 0.625. The van der Waals surface area contributed by atoms with E-state index in [2.05, 4.69) is 41.5 Å². The molecule has 1 aliphatic carbocycles. The third-order valence-corrected chi connectivity index (χ3v) is 4.51. The highest BCUT2D eigenvalue weighted by molar-refractivity contribution is 5.89. The summed E-state index contributed by atoms with van der Waals surface area (Å²) >= 11 is 0. The summed E-state index contributed by atoms with van der Waals surface area (Å²) in [7, 11) is 4.22. The van der Waals surface area contributed by atoms with E-state index in [1.165, 1.54) is 12.8 Å². The Morgan fingerprint density at radius 1 is 1.52 bits per heavy atom. The maximum Gasteiger partial charge on any atom is 0.319 e. The number of carbonyl (C=O) groups excluding carboxylic acids is 1. The molecule has 2 atom stereocenters. The highest BCUT2D eigenvalue weighted by Gasteiger charge is 2.37. The molecule has 5 nitrogen and oxygen atoms in total. The molecule has 0 saturated heterocycles. The zero-order valence-electron chi connectivity index (χ0n) is 13.2. The molecule has 2 amide bonds. The summed E-state index contributed by atoms with van der Waals surface area (Å²) in [5.74, 6) is 0.712. The summed E-state index contributed by atoms with van der Waals surface area (Å²) in [6.07, 6.45) is 8.12. The molecule has 116 valence electrons. The lowest BCUT2D eigenvalue weighted by atomic mass is 9.75. The fourth-order valence-electron chi connectivity index (χ4n) is 3.21. The van der Waals surface area contributed by atoms with Crippen LogP contribution in [-0.2, 0) is 0 Å². The van der Waals surface area contributed by atoms with Gasteiger partial charge in [0.25, 0.3) is 0 Å². The molecule has 1 heterocycles. The number of pyridine rings is 1. The van der Waals surface area contributed by atoms with Crippen LogP contribution in [0.25, 0.3) is 0 Å². The molecule has 21 heavy (non-hydrogen) atoms. The van der Waals surface area contributed by atoms with Gasteiger partial charge < -0.3 is 15.5 Å². The minimum atomic E-state index is -0.164. The first-order valence-electron chi connectivity index (χ1n) is 7.64. The van der Waals surface area contributed by atoms with Crippen molar-refractivity contribution in [3.63, 3.8) is 0 Å². The Morgan fingerprint density at radius 3 is 2.95 bits per heavy atom. The second kappa shape index (κ2) is 6.89. The quantitative estimate of drug-likeness (QED) is 0.896. The number of aromatic nitrogens is 1. The number of rotatable bonds is 4. The van der Waals surface area contributed by atoms with Crippen LogP contribution in [0.2, 0.25) is 0 Å². The fourth-order valence-corrected chi connectivity index (χ4v) is 3.21. The van der Waals surface area contributed by atoms with Gasteiger partial charge in [-0.25, -0.2) is 4.79 Å². The number of nitrogens with one attached hydrogen (secondary N) is 2. The van der Waals surface area contributed by atoms with E-state index in [0.717, 1.165) is 12.8 Å². The number of carbonyl (C=O) groups is 1. The Morgan fingerprint density at radius 2 is 2.33 bits per heavy atom. The molecule has 1 aromatic rings. The van der Waals surface area contributed by atoms with Gasteiger partial charge >= 0.3 is 6.03 Å². The Hall–Kier alpha value is -1.62. The van der Waals surface area contributed by atoms with Gasteiger partial charge in [-0.1, -0.05) is 19.8 Å². The van der Waals surface area contributed by atoms with Crippen LogP contribution in [0.5, 0.6) is 0 Å². The van der Waals surface area contributed by atoms with Crippen molar-refractivity contribution in [2.45, 2.75) is 38.1 Å². The van der Waals surface area contributed by atoms with E-state index in [-0.39, 0.29) is 11.6 Å². The SMILES string of the molecule is C[C@@H]1CCC[C@@](CNC(=O)Nc2cccnc2)(N(C)C)C1. The van der Waals surface area contributed by atoms with Gasteiger partial charge in [0.2, 0.25) is 0 Å². The number of hydrogen-bond donors (Lipinski definition) is 2. The van der Waals surface area contributed by atoms with E-state index in [1.54, 1.807) is 18.5 Å². The van der Waals surface area contributed by atoms with Gasteiger partial charge in [-0.2, -0.15) is 0 Å². The predicted molar refractivity (Wildman–Crippen MR) is 85.3 cm³/mol. The number of anilines is 1. The van der Waals surface area contributed by atoms with E-state index < -0.39 is 0 Å². The molecule has 0 bridgehead atoms. The molecule has 2 N–H and O–H groups in total. The third-order valence-electron chi connectivity index (χ3n) is 4.51. The van der Waals surface area contributed by atoms with E-state index in [1.807, 2.05) is 6.07 Å². The molecule has 0 aromatic carbocycles. The number of hydrogen-bond acceptors (Lipinski definition) is 3. The molecule has 0 unspecified atom stereocenters. The molecule has 5 heteroatoms. The molecular weight excluding hydrogens is 264 g/mol. The van der Waals surface area contributed by atoms with Crippen molar-refractivity contribution >= 4 is 11.7 Å². The van der Waals surface area contributed by atoms with Crippen molar-refractivity contribution in [2.24, 2.45) is 5.92 Å². The number of likely N-dealkylation sites (N-methyl/N-ethyl adjacent to an activating group) is 1. The Labute approximate surface area is 127 Å². The lowest BCUT2D eigenvalue weighted by molar-refractivity contribution is 0.0779. The first kappa shape index (κ1) is 15.8. The first-order chi connectivity index (χ1) is 10.0. The van der Waals surface area contributed by atoms with Crippen molar-refractivity contribution in [1.29, 1.82) is 0 Å². The smallest absolute Gasteiger partial charge is 0.319 e. The second-order valence-electron chi connectivity index (χ2n) is 6.37. The van der Waals surface area contributed by atoms with Crippen molar-refractivity contribution in [2.75, 3.05) is 26.0 Å². The van der Waals surface area contributed by atoms with Gasteiger partial charge in [-0.05, 0) is 45.0 Å². The number of urea groups is 1. The minimum Gasteiger partial charge on any atom is -0.336 e. The lowest BCUT2D eigenvalue weighted by Gasteiger charge is -2.45. The number of nitrogens with zero attached hydrogens (tertiary/aromatic N) is 2. The highest BCUT2D eigenvalue weighted by atomic mass is 16.2. The van der Waals surface area contributed by atoms with E-state index in [0.29, 0.717) is 18.2 Å². The van der Waals surface area contributed by atoms with Crippen molar-refractivity contribution in [1.82, 2.24) is 15.2 Å². The maximum absolute atomic E-state index is 12.0. The largest absolute Gasteiger partial charge is 0.336 e. The summed E-state index contributed by atoms with van der Waals surface area (Å²) in [6, 6.07) is 3.47. The normalized spacial score (nSPS) is 25.6. The van der Waals surface area contributed by atoms with E-state index >= 15 is 0 Å². The van der Waals surface area contributed by atoms with Gasteiger partial charge in [0, 0.05) is 18.3 Å². The molecular formula is C16H26N4O. The summed E-state index contributed by atoms with van der Waals surface area (Å²) in [6.45, 7) is 2.98. The zero-order chi connectivity index (χ0) is 15.3. The van der Waals surface area contributed by atoms with Crippen molar-refractivity contribution < 1.29 is 4.79 Å². The van der Waals surface area contributed by atoms with Gasteiger partial charge in [0.1, 0.15) is 0 Å². The Kier molecular flexibility index (Phi) is 5.17. The Balaban J connectivity index is 1.91. The average Bonchev–Trinajstić information content (AvgIpc) is 2.46. The average molecular weight is 290 g/mol. The first-order valence-corrected chi connectivity index (χ1v) is 7.64. The predicted octanol–water partition coefficient (Wildman–Crippen LogP) is 2.71. The summed E-state index contributed by atoms with van der Waals surface area (Å²) in [4.78, 5) is 18.3. The van der Waals surface area contributed by atoms with Crippen LogP contribution in [0.3, 0.4) is 0 Å². The van der Waals surface area contributed by atoms with Crippen LogP contribution in [-0.4, -0.2) is 42.1 Å². The Bertz CT molecular complexity index is 463. The van der Waals surface area contributed by atoms with E-state index in [9.17, 15) is 4.79 Å². The standard InChI is InChI=1S/C16H26N4O/c1-13-6-4-8-16(10-13,20(2)3)12-18-15(21)19-14-7-5-9-17-11-14/h5,7,9,11,13H,4,6,8,10,12H2,1-3H3,(H2,18,19,21)/t13-,16-/m1/s1. The van der Waals surface area contributed by atoms with Crippen LogP contribution >= 0.6 is 0 Å². The van der Waals surface area contributed by atoms with Crippen molar-refractivity contribution in [3.8, 4) is 0 Å². The van der Waals surface area contributed by atoms with Gasteiger partial charge in [0.05, 0.1) is 11.9 Å². The van der Waals surface area contributed by atoms with Crippen LogP contribution in [0, 0.1) is 5.92 Å². The van der Waals surface area contributed by atoms with Gasteiger partial charge in [-0.3, -0.25) is 4.98 Å². The monoisotopic (exact) mass is 290 g/mol. The van der Waals surface area contributed by atoms with Crippen LogP contribution in [0.1, 0.15) is 32.6 Å². The van der Waals surface area contributed by atoms with Crippen LogP contribution < -0.4 is 10.6 Å². The lowest BCUT2D eigenvalue weighted by Crippen LogP contribution is -2.55.